The van der Waals surface area contributed by atoms with Gasteiger partial charge in [0.05, 0.1) is 6.10 Å². The van der Waals surface area contributed by atoms with Crippen LogP contribution < -0.4 is 0 Å². The topological polar surface area (TPSA) is 60.4 Å². The molecule has 0 bridgehead atoms. The number of hydrogen-bond acceptors (Lipinski definition) is 4. The number of carbonyl (C=O) groups excluding carboxylic acids is 1. The Morgan fingerprint density at radius 2 is 1.74 bits per heavy atom. The molecule has 178 valence electrons. The highest BCUT2D eigenvalue weighted by molar-refractivity contribution is 7.67. The van der Waals surface area contributed by atoms with Crippen molar-refractivity contribution >= 4 is 16.8 Å². The normalized spacial score (nSPS) is 45.6. The highest BCUT2D eigenvalue weighted by Crippen LogP contribution is 2.68. The number of halogens is 1. The number of thiol groups is 1. The van der Waals surface area contributed by atoms with E-state index in [0.29, 0.717) is 35.0 Å². The summed E-state index contributed by atoms with van der Waals surface area (Å²) < 4.78 is 39.9. The highest BCUT2D eigenvalue weighted by Gasteiger charge is 2.60. The first-order chi connectivity index (χ1) is 14.7. The lowest BCUT2D eigenvalue weighted by Gasteiger charge is -2.61. The Kier molecular flexibility index (Phi) is 6.90. The van der Waals surface area contributed by atoms with Gasteiger partial charge in [-0.2, -0.15) is 0 Å². The van der Waals surface area contributed by atoms with E-state index in [9.17, 15) is 17.6 Å². The molecule has 9 atom stereocenters. The third-order valence-electron chi connectivity index (χ3n) is 10.6. The molecular weight excluding hydrogens is 415 g/mol. The van der Waals surface area contributed by atoms with E-state index < -0.39 is 17.7 Å². The van der Waals surface area contributed by atoms with Gasteiger partial charge in [0, 0.05) is 6.42 Å². The number of fused-ring (bicyclic) bond motifs is 5. The summed E-state index contributed by atoms with van der Waals surface area (Å²) in [6.07, 6.45) is 11.5. The minimum Gasteiger partial charge on any atom is -0.297 e. The van der Waals surface area contributed by atoms with Crippen LogP contribution in [0.5, 0.6) is 0 Å². The standard InChI is InChI=1S/C25H41FO4S/c1-16(4-6-18(27)15-26)21-8-9-22-20-7-5-17-14-19(30-31(28)29)10-12-24(17,2)23(20)11-13-25(21,22)3/h16-17,19-23,31H,4-15H2,1-3H3/t16-,17-,19-,20+,21-,22+,23+,24+,25-/m1/s1. The van der Waals surface area contributed by atoms with Gasteiger partial charge in [-0.15, -0.1) is 0 Å². The molecule has 0 N–H and O–H groups in total. The zero-order valence-electron chi connectivity index (χ0n) is 19.5. The number of Topliss-reactive ketones (excluding diaryl/α,β-unsaturated/α-hetero) is 1. The molecule has 4 rings (SSSR count). The van der Waals surface area contributed by atoms with E-state index in [-0.39, 0.29) is 11.9 Å². The van der Waals surface area contributed by atoms with Gasteiger partial charge in [0.2, 0.25) is 0 Å². The van der Waals surface area contributed by atoms with Crippen molar-refractivity contribution in [3.05, 3.63) is 0 Å². The third-order valence-corrected chi connectivity index (χ3v) is 11.1. The second kappa shape index (κ2) is 9.04. The van der Waals surface area contributed by atoms with Gasteiger partial charge in [0.25, 0.3) is 11.0 Å². The molecule has 0 spiro atoms. The molecule has 4 fully saturated rings. The molecular formula is C25H41FO4S. The van der Waals surface area contributed by atoms with Crippen LogP contribution in [-0.4, -0.2) is 27.0 Å². The summed E-state index contributed by atoms with van der Waals surface area (Å²) in [6, 6.07) is 0. The molecule has 0 saturated heterocycles. The lowest BCUT2D eigenvalue weighted by molar-refractivity contribution is -0.127. The van der Waals surface area contributed by atoms with Crippen molar-refractivity contribution in [2.75, 3.05) is 6.67 Å². The average molecular weight is 457 g/mol. The van der Waals surface area contributed by atoms with Gasteiger partial charge in [-0.05, 0) is 111 Å². The summed E-state index contributed by atoms with van der Waals surface area (Å²) in [5, 5.41) is 0. The van der Waals surface area contributed by atoms with Gasteiger partial charge in [-0.25, -0.2) is 12.8 Å². The molecule has 4 aliphatic carbocycles. The van der Waals surface area contributed by atoms with E-state index in [0.717, 1.165) is 43.4 Å². The second-order valence-corrected chi connectivity index (χ2v) is 12.5. The smallest absolute Gasteiger partial charge is 0.257 e. The van der Waals surface area contributed by atoms with E-state index in [4.69, 9.17) is 4.18 Å². The Hall–Kier alpha value is -0.490. The number of ketones is 1. The molecule has 0 aromatic rings. The molecule has 4 saturated carbocycles. The van der Waals surface area contributed by atoms with Gasteiger partial charge < -0.3 is 0 Å². The van der Waals surface area contributed by atoms with Crippen molar-refractivity contribution in [2.24, 2.45) is 46.3 Å². The Bertz CT molecular complexity index is 746. The minimum atomic E-state index is -2.76. The number of hydrogen-bond donors (Lipinski definition) is 1. The fourth-order valence-electron chi connectivity index (χ4n) is 9.07. The van der Waals surface area contributed by atoms with Crippen LogP contribution in [0.25, 0.3) is 0 Å². The van der Waals surface area contributed by atoms with E-state index in [1.54, 1.807) is 0 Å². The Morgan fingerprint density at radius 3 is 2.45 bits per heavy atom. The maximum absolute atomic E-state index is 12.6. The van der Waals surface area contributed by atoms with Crippen molar-refractivity contribution in [3.8, 4) is 0 Å². The van der Waals surface area contributed by atoms with Crippen molar-refractivity contribution in [3.63, 3.8) is 0 Å². The summed E-state index contributed by atoms with van der Waals surface area (Å²) in [6.45, 7) is 6.47. The van der Waals surface area contributed by atoms with Gasteiger partial charge in [-0.1, -0.05) is 20.8 Å². The van der Waals surface area contributed by atoms with E-state index in [2.05, 4.69) is 20.8 Å². The van der Waals surface area contributed by atoms with Crippen LogP contribution in [0.15, 0.2) is 0 Å². The van der Waals surface area contributed by atoms with E-state index in [1.165, 1.54) is 38.5 Å². The fraction of sp³-hybridized carbons (Fsp3) is 0.960. The first-order valence-corrected chi connectivity index (χ1v) is 13.7. The van der Waals surface area contributed by atoms with E-state index >= 15 is 0 Å². The molecule has 0 aliphatic heterocycles. The monoisotopic (exact) mass is 456 g/mol. The largest absolute Gasteiger partial charge is 0.297 e. The van der Waals surface area contributed by atoms with Crippen molar-refractivity contribution in [1.82, 2.24) is 0 Å². The number of rotatable bonds is 7. The first kappa shape index (κ1) is 23.7. The molecule has 4 nitrogen and oxygen atoms in total. The predicted octanol–water partition coefficient (Wildman–Crippen LogP) is 5.51. The Balaban J connectivity index is 1.45. The number of alkyl halides is 1. The second-order valence-electron chi connectivity index (χ2n) is 11.8. The van der Waals surface area contributed by atoms with Crippen LogP contribution in [0.1, 0.15) is 91.4 Å². The molecule has 0 radical (unpaired) electrons. The zero-order chi connectivity index (χ0) is 22.4. The van der Waals surface area contributed by atoms with Crippen LogP contribution in [0.3, 0.4) is 0 Å². The molecule has 4 aliphatic rings. The van der Waals surface area contributed by atoms with Crippen LogP contribution >= 0.6 is 0 Å². The van der Waals surface area contributed by atoms with Gasteiger partial charge in [0.15, 0.2) is 5.78 Å². The molecule has 31 heavy (non-hydrogen) atoms. The number of carbonyl (C=O) groups is 1. The van der Waals surface area contributed by atoms with Crippen LogP contribution in [-0.2, 0) is 20.0 Å². The molecule has 0 heterocycles. The van der Waals surface area contributed by atoms with Crippen molar-refractivity contribution in [2.45, 2.75) is 97.5 Å². The zero-order valence-corrected chi connectivity index (χ0v) is 20.4. The van der Waals surface area contributed by atoms with Crippen LogP contribution in [0.2, 0.25) is 0 Å². The van der Waals surface area contributed by atoms with Gasteiger partial charge in [-0.3, -0.25) is 8.98 Å². The first-order valence-electron chi connectivity index (χ1n) is 12.6. The quantitative estimate of drug-likeness (QED) is 0.513. The SMILES string of the molecule is C[C@H](CCC(=O)CF)[C@H]1CC[C@H]2[C@@H]3CC[C@@H]4C[C@H](O[SH](=O)=O)CC[C@]4(C)[C@H]3CC[C@]12C. The molecule has 0 aromatic heterocycles. The van der Waals surface area contributed by atoms with Crippen LogP contribution in [0, 0.1) is 46.3 Å². The maximum Gasteiger partial charge on any atom is 0.257 e. The summed E-state index contributed by atoms with van der Waals surface area (Å²) >= 11 is 0. The lowest BCUT2D eigenvalue weighted by atomic mass is 9.44. The van der Waals surface area contributed by atoms with Crippen molar-refractivity contribution in [1.29, 1.82) is 0 Å². The third kappa shape index (κ3) is 4.25. The van der Waals surface area contributed by atoms with Gasteiger partial charge in [0.1, 0.15) is 6.67 Å². The molecule has 6 heteroatoms. The lowest BCUT2D eigenvalue weighted by Crippen LogP contribution is -2.54. The summed E-state index contributed by atoms with van der Waals surface area (Å²) in [7, 11) is -2.76. The maximum atomic E-state index is 12.6. The predicted molar refractivity (Wildman–Crippen MR) is 120 cm³/mol. The minimum absolute atomic E-state index is 0.117. The Morgan fingerprint density at radius 1 is 1.03 bits per heavy atom. The van der Waals surface area contributed by atoms with Crippen LogP contribution in [0.4, 0.5) is 4.39 Å². The van der Waals surface area contributed by atoms with Gasteiger partial charge >= 0.3 is 0 Å². The van der Waals surface area contributed by atoms with Crippen molar-refractivity contribution < 1.29 is 21.8 Å². The van der Waals surface area contributed by atoms with E-state index in [1.807, 2.05) is 0 Å². The summed E-state index contributed by atoms with van der Waals surface area (Å²) in [5.41, 5.74) is 0.666. The molecule has 0 unspecified atom stereocenters. The highest BCUT2D eigenvalue weighted by atomic mass is 32.2. The molecule has 0 aromatic carbocycles. The molecule has 0 amide bonds. The summed E-state index contributed by atoms with van der Waals surface area (Å²) in [5.74, 6) is 3.74. The Labute approximate surface area is 189 Å². The average Bonchev–Trinajstić information content (AvgIpc) is 3.09. The summed E-state index contributed by atoms with van der Waals surface area (Å²) in [4.78, 5) is 11.5. The fourth-order valence-corrected chi connectivity index (χ4v) is 9.50.